The van der Waals surface area contributed by atoms with Crippen molar-refractivity contribution in [1.29, 1.82) is 0 Å². The zero-order valence-electron chi connectivity index (χ0n) is 16.9. The summed E-state index contributed by atoms with van der Waals surface area (Å²) < 4.78 is 6.91. The van der Waals surface area contributed by atoms with Crippen LogP contribution >= 0.6 is 0 Å². The fourth-order valence-corrected chi connectivity index (χ4v) is 6.11. The van der Waals surface area contributed by atoms with Gasteiger partial charge in [0.05, 0.1) is 0 Å². The van der Waals surface area contributed by atoms with Gasteiger partial charge in [0.15, 0.2) is 8.32 Å². The van der Waals surface area contributed by atoms with Gasteiger partial charge in [0.2, 0.25) is 0 Å². The molecular weight excluding hydrogens is 312 g/mol. The molecule has 0 spiro atoms. The maximum absolute atomic E-state index is 11.0. The summed E-state index contributed by atoms with van der Waals surface area (Å²) in [5.41, 5.74) is 1.76. The molecule has 0 bridgehead atoms. The van der Waals surface area contributed by atoms with Crippen LogP contribution in [0.3, 0.4) is 0 Å². The van der Waals surface area contributed by atoms with Crippen molar-refractivity contribution >= 4 is 14.6 Å². The highest BCUT2D eigenvalue weighted by atomic mass is 28.4. The highest BCUT2D eigenvalue weighted by Gasteiger charge is 2.49. The first-order valence-electron chi connectivity index (χ1n) is 9.85. The number of rotatable bonds is 5. The van der Waals surface area contributed by atoms with Crippen LogP contribution in [0.15, 0.2) is 11.6 Å². The van der Waals surface area contributed by atoms with Crippen molar-refractivity contribution in [2.24, 2.45) is 17.3 Å². The average Bonchev–Trinajstić information content (AvgIpc) is 2.45. The largest absolute Gasteiger partial charge is 0.414 e. The minimum atomic E-state index is -1.74. The standard InChI is InChI=1S/C21H38O2Si/c1-16(13-15-22)17-10-8-11-18-19(12-9-14-21(17,18)5)23-24(6,7)20(2,3)4/h10,15-16,18-19H,8-9,11-14H2,1-7H3/t16?,18-,19-,21+/m0/s1. The third kappa shape index (κ3) is 3.72. The minimum Gasteiger partial charge on any atom is -0.414 e. The summed E-state index contributed by atoms with van der Waals surface area (Å²) in [4.78, 5) is 11.0. The van der Waals surface area contributed by atoms with Crippen molar-refractivity contribution < 1.29 is 9.22 Å². The highest BCUT2D eigenvalue weighted by Crippen LogP contribution is 2.55. The maximum Gasteiger partial charge on any atom is 0.192 e. The van der Waals surface area contributed by atoms with E-state index < -0.39 is 8.32 Å². The van der Waals surface area contributed by atoms with Crippen LogP contribution in [0.25, 0.3) is 0 Å². The normalized spacial score (nSPS) is 32.7. The molecule has 2 nitrogen and oxygen atoms in total. The molecule has 0 aromatic rings. The van der Waals surface area contributed by atoms with E-state index in [9.17, 15) is 4.79 Å². The molecule has 24 heavy (non-hydrogen) atoms. The van der Waals surface area contributed by atoms with Gasteiger partial charge in [-0.3, -0.25) is 0 Å². The van der Waals surface area contributed by atoms with Crippen LogP contribution in [-0.4, -0.2) is 20.7 Å². The summed E-state index contributed by atoms with van der Waals surface area (Å²) in [6.45, 7) is 16.4. The third-order valence-corrected chi connectivity index (χ3v) is 11.7. The monoisotopic (exact) mass is 350 g/mol. The summed E-state index contributed by atoms with van der Waals surface area (Å²) in [6, 6.07) is 0. The molecule has 2 aliphatic rings. The van der Waals surface area contributed by atoms with Crippen LogP contribution in [0.2, 0.25) is 18.1 Å². The molecular formula is C21H38O2Si. The van der Waals surface area contributed by atoms with E-state index in [4.69, 9.17) is 4.43 Å². The molecule has 0 N–H and O–H groups in total. The second kappa shape index (κ2) is 7.07. The van der Waals surface area contributed by atoms with Gasteiger partial charge in [-0.2, -0.15) is 0 Å². The zero-order valence-corrected chi connectivity index (χ0v) is 17.9. The van der Waals surface area contributed by atoms with Crippen molar-refractivity contribution in [2.45, 2.75) is 97.4 Å². The van der Waals surface area contributed by atoms with Gasteiger partial charge in [0.25, 0.3) is 0 Å². The number of carbonyl (C=O) groups excluding carboxylic acids is 1. The van der Waals surface area contributed by atoms with Crippen LogP contribution in [0.4, 0.5) is 0 Å². The van der Waals surface area contributed by atoms with Crippen LogP contribution in [0, 0.1) is 17.3 Å². The van der Waals surface area contributed by atoms with E-state index in [0.29, 0.717) is 24.4 Å². The Morgan fingerprint density at radius 1 is 1.38 bits per heavy atom. The molecule has 3 heteroatoms. The van der Waals surface area contributed by atoms with E-state index in [-0.39, 0.29) is 10.5 Å². The molecule has 0 amide bonds. The molecule has 2 aliphatic carbocycles. The Balaban J connectivity index is 2.25. The van der Waals surface area contributed by atoms with E-state index in [1.54, 1.807) is 0 Å². The second-order valence-corrected chi connectivity index (χ2v) is 14.6. The number of hydrogen-bond donors (Lipinski definition) is 0. The fraction of sp³-hybridized carbons (Fsp3) is 0.857. The molecule has 1 saturated carbocycles. The Labute approximate surface area is 150 Å². The summed E-state index contributed by atoms with van der Waals surface area (Å²) in [6.07, 6.45) is 10.7. The van der Waals surface area contributed by atoms with Crippen LogP contribution < -0.4 is 0 Å². The summed E-state index contributed by atoms with van der Waals surface area (Å²) in [5, 5.41) is 0.263. The molecule has 0 aliphatic heterocycles. The highest BCUT2D eigenvalue weighted by molar-refractivity contribution is 6.74. The topological polar surface area (TPSA) is 26.3 Å². The van der Waals surface area contributed by atoms with Gasteiger partial charge in [-0.15, -0.1) is 0 Å². The molecule has 0 heterocycles. The lowest BCUT2D eigenvalue weighted by molar-refractivity contribution is -0.108. The zero-order chi connectivity index (χ0) is 18.2. The molecule has 138 valence electrons. The average molecular weight is 351 g/mol. The van der Waals surface area contributed by atoms with Crippen molar-refractivity contribution in [1.82, 2.24) is 0 Å². The lowest BCUT2D eigenvalue weighted by atomic mass is 9.56. The molecule has 0 aromatic heterocycles. The summed E-state index contributed by atoms with van der Waals surface area (Å²) in [7, 11) is -1.74. The van der Waals surface area contributed by atoms with Crippen LogP contribution in [0.1, 0.15) is 73.1 Å². The smallest absolute Gasteiger partial charge is 0.192 e. The van der Waals surface area contributed by atoms with E-state index in [2.05, 4.69) is 53.8 Å². The Morgan fingerprint density at radius 3 is 2.62 bits per heavy atom. The van der Waals surface area contributed by atoms with Gasteiger partial charge in [-0.25, -0.2) is 0 Å². The van der Waals surface area contributed by atoms with E-state index >= 15 is 0 Å². The van der Waals surface area contributed by atoms with Gasteiger partial charge in [0, 0.05) is 12.5 Å². The SMILES string of the molecule is CC(CC=O)C1=CCC[C@H]2[C@@H](O[Si](C)(C)C(C)(C)C)CCC[C@]12C. The van der Waals surface area contributed by atoms with Gasteiger partial charge >= 0.3 is 0 Å². The molecule has 0 aromatic carbocycles. The van der Waals surface area contributed by atoms with Crippen molar-refractivity contribution in [3.63, 3.8) is 0 Å². The first-order chi connectivity index (χ1) is 11.0. The molecule has 4 atom stereocenters. The Morgan fingerprint density at radius 2 is 2.04 bits per heavy atom. The van der Waals surface area contributed by atoms with E-state index in [0.717, 1.165) is 12.7 Å². The first kappa shape index (κ1) is 19.9. The second-order valence-electron chi connectivity index (χ2n) is 9.87. The number of aldehydes is 1. The van der Waals surface area contributed by atoms with Crippen molar-refractivity contribution in [3.05, 3.63) is 11.6 Å². The first-order valence-corrected chi connectivity index (χ1v) is 12.8. The lowest BCUT2D eigenvalue weighted by Crippen LogP contribution is -2.51. The van der Waals surface area contributed by atoms with Gasteiger partial charge in [-0.05, 0) is 61.1 Å². The van der Waals surface area contributed by atoms with Crippen molar-refractivity contribution in [3.8, 4) is 0 Å². The van der Waals surface area contributed by atoms with Gasteiger partial charge in [0.1, 0.15) is 6.29 Å². The van der Waals surface area contributed by atoms with Gasteiger partial charge in [-0.1, -0.05) is 52.7 Å². The summed E-state index contributed by atoms with van der Waals surface area (Å²) >= 11 is 0. The van der Waals surface area contributed by atoms with Crippen LogP contribution in [-0.2, 0) is 9.22 Å². The molecule has 0 saturated heterocycles. The van der Waals surface area contributed by atoms with E-state index in [1.807, 2.05) is 0 Å². The predicted octanol–water partition coefficient (Wildman–Crippen LogP) is 6.13. The number of hydrogen-bond acceptors (Lipinski definition) is 2. The molecule has 1 unspecified atom stereocenters. The van der Waals surface area contributed by atoms with Gasteiger partial charge < -0.3 is 9.22 Å². The quantitative estimate of drug-likeness (QED) is 0.339. The minimum absolute atomic E-state index is 0.228. The predicted molar refractivity (Wildman–Crippen MR) is 105 cm³/mol. The number of carbonyl (C=O) groups is 1. The number of fused-ring (bicyclic) bond motifs is 1. The fourth-order valence-electron chi connectivity index (χ4n) is 4.71. The molecule has 0 radical (unpaired) electrons. The maximum atomic E-state index is 11.0. The third-order valence-electron chi connectivity index (χ3n) is 7.19. The number of allylic oxidation sites excluding steroid dienone is 2. The molecule has 1 fully saturated rings. The lowest BCUT2D eigenvalue weighted by Gasteiger charge is -2.53. The Hall–Kier alpha value is -0.413. The summed E-state index contributed by atoms with van der Waals surface area (Å²) in [5.74, 6) is 0.997. The molecule has 2 rings (SSSR count). The Bertz CT molecular complexity index is 489. The van der Waals surface area contributed by atoms with Crippen LogP contribution in [0.5, 0.6) is 0 Å². The Kier molecular flexibility index (Phi) is 5.86. The van der Waals surface area contributed by atoms with Crippen molar-refractivity contribution in [2.75, 3.05) is 0 Å². The van der Waals surface area contributed by atoms with E-state index in [1.165, 1.54) is 31.3 Å².